The number of ether oxygens (including phenoxy) is 1. The Hall–Kier alpha value is -2.67. The Morgan fingerprint density at radius 2 is 1.86 bits per heavy atom. The molecule has 0 aliphatic heterocycles. The van der Waals surface area contributed by atoms with Crippen molar-refractivity contribution in [1.82, 2.24) is 5.32 Å². The Kier molecular flexibility index (Phi) is 6.14. The minimum atomic E-state index is -0.782. The second-order valence-electron chi connectivity index (χ2n) is 6.86. The van der Waals surface area contributed by atoms with Crippen LogP contribution in [0.5, 0.6) is 0 Å². The number of alkyl carbamates (subject to hydrolysis) is 1. The first kappa shape index (κ1) is 20.1. The number of nitrogens with one attached hydrogen (secondary N) is 2. The van der Waals surface area contributed by atoms with Crippen LogP contribution in [0.2, 0.25) is 0 Å². The van der Waals surface area contributed by atoms with E-state index in [9.17, 15) is 14.4 Å². The number of hydrogen-bond acceptors (Lipinski definition) is 5. The number of fused-ring (bicyclic) bond motifs is 1. The lowest BCUT2D eigenvalue weighted by Gasteiger charge is -2.13. The van der Waals surface area contributed by atoms with Gasteiger partial charge in [0.1, 0.15) is 5.00 Å². The van der Waals surface area contributed by atoms with Crippen LogP contribution < -0.4 is 10.6 Å². The van der Waals surface area contributed by atoms with Crippen molar-refractivity contribution in [1.29, 1.82) is 0 Å². The van der Waals surface area contributed by atoms with Crippen molar-refractivity contribution in [3.63, 3.8) is 0 Å². The third-order valence-corrected chi connectivity index (χ3v) is 5.96. The van der Waals surface area contributed by atoms with Crippen LogP contribution in [0.1, 0.15) is 62.0 Å². The van der Waals surface area contributed by atoms with Gasteiger partial charge in [-0.1, -0.05) is 17.7 Å². The average Bonchev–Trinajstić information content (AvgIpc) is 3.01. The molecule has 7 heteroatoms. The van der Waals surface area contributed by atoms with E-state index in [4.69, 9.17) is 4.74 Å². The monoisotopic (exact) mass is 400 g/mol. The fraction of sp³-hybridized carbons (Fsp3) is 0.381. The lowest BCUT2D eigenvalue weighted by molar-refractivity contribution is 0.0925. The van der Waals surface area contributed by atoms with Crippen LogP contribution in [-0.2, 0) is 17.6 Å². The maximum absolute atomic E-state index is 12.9. The van der Waals surface area contributed by atoms with E-state index >= 15 is 0 Å². The van der Waals surface area contributed by atoms with Crippen molar-refractivity contribution in [3.05, 3.63) is 50.9 Å². The molecule has 6 nitrogen and oxygen atoms in total. The van der Waals surface area contributed by atoms with Crippen molar-refractivity contribution in [2.75, 3.05) is 11.9 Å². The summed E-state index contributed by atoms with van der Waals surface area (Å²) >= 11 is 1.42. The molecule has 2 aromatic rings. The molecule has 1 aliphatic carbocycles. The summed E-state index contributed by atoms with van der Waals surface area (Å²) in [5.74, 6) is -0.793. The maximum Gasteiger partial charge on any atom is 0.414 e. The molecule has 3 rings (SSSR count). The van der Waals surface area contributed by atoms with Gasteiger partial charge in [0.05, 0.1) is 12.2 Å². The Morgan fingerprint density at radius 3 is 2.61 bits per heavy atom. The molecule has 0 bridgehead atoms. The second kappa shape index (κ2) is 8.56. The number of benzene rings is 1. The summed E-state index contributed by atoms with van der Waals surface area (Å²) in [6.45, 7) is 5.66. The first-order valence-electron chi connectivity index (χ1n) is 9.42. The largest absolute Gasteiger partial charge is 0.450 e. The van der Waals surface area contributed by atoms with Crippen LogP contribution in [-0.4, -0.2) is 24.5 Å². The third kappa shape index (κ3) is 4.25. The fourth-order valence-electron chi connectivity index (χ4n) is 3.37. The van der Waals surface area contributed by atoms with Crippen LogP contribution in [0.15, 0.2) is 18.2 Å². The quantitative estimate of drug-likeness (QED) is 0.797. The van der Waals surface area contributed by atoms with E-state index in [0.717, 1.165) is 47.3 Å². The van der Waals surface area contributed by atoms with E-state index in [1.807, 2.05) is 32.0 Å². The highest BCUT2D eigenvalue weighted by Gasteiger charge is 2.28. The van der Waals surface area contributed by atoms with E-state index in [1.54, 1.807) is 6.92 Å². The second-order valence-corrected chi connectivity index (χ2v) is 7.97. The van der Waals surface area contributed by atoms with Crippen molar-refractivity contribution < 1.29 is 19.1 Å². The number of imide groups is 1. The highest BCUT2D eigenvalue weighted by Crippen LogP contribution is 2.38. The number of carbonyl (C=O) groups excluding carboxylic acids is 3. The van der Waals surface area contributed by atoms with Crippen molar-refractivity contribution in [3.8, 4) is 0 Å². The number of anilines is 1. The van der Waals surface area contributed by atoms with Gasteiger partial charge in [-0.3, -0.25) is 14.9 Å². The predicted molar refractivity (Wildman–Crippen MR) is 109 cm³/mol. The molecule has 1 aromatic carbocycles. The van der Waals surface area contributed by atoms with E-state index in [2.05, 4.69) is 10.6 Å². The van der Waals surface area contributed by atoms with Gasteiger partial charge in [0.2, 0.25) is 0 Å². The number of rotatable bonds is 4. The molecule has 0 unspecified atom stereocenters. The Balaban J connectivity index is 1.93. The van der Waals surface area contributed by atoms with E-state index in [1.165, 1.54) is 11.3 Å². The van der Waals surface area contributed by atoms with Crippen LogP contribution >= 0.6 is 11.3 Å². The predicted octanol–water partition coefficient (Wildman–Crippen LogP) is 4.38. The Bertz CT molecular complexity index is 933. The summed E-state index contributed by atoms with van der Waals surface area (Å²) in [4.78, 5) is 38.4. The zero-order valence-electron chi connectivity index (χ0n) is 16.3. The molecule has 1 aliphatic rings. The highest BCUT2D eigenvalue weighted by molar-refractivity contribution is 7.17. The Labute approximate surface area is 168 Å². The molecule has 0 fully saturated rings. The van der Waals surface area contributed by atoms with Gasteiger partial charge in [-0.25, -0.2) is 4.79 Å². The summed E-state index contributed by atoms with van der Waals surface area (Å²) in [6, 6.07) is 5.68. The number of hydrogen-bond donors (Lipinski definition) is 2. The molecule has 0 atom stereocenters. The van der Waals surface area contributed by atoms with Gasteiger partial charge in [0.25, 0.3) is 11.8 Å². The maximum atomic E-state index is 12.9. The van der Waals surface area contributed by atoms with Gasteiger partial charge >= 0.3 is 6.09 Å². The summed E-state index contributed by atoms with van der Waals surface area (Å²) in [6.07, 6.45) is 2.88. The zero-order chi connectivity index (χ0) is 20.3. The number of thiophene rings is 1. The molecule has 3 amide bonds. The molecular formula is C21H24N2O4S. The van der Waals surface area contributed by atoms with Crippen molar-refractivity contribution >= 4 is 34.2 Å². The first-order valence-corrected chi connectivity index (χ1v) is 10.2. The lowest BCUT2D eigenvalue weighted by atomic mass is 9.95. The van der Waals surface area contributed by atoms with Crippen LogP contribution in [0, 0.1) is 13.8 Å². The summed E-state index contributed by atoms with van der Waals surface area (Å²) in [7, 11) is 0. The average molecular weight is 401 g/mol. The van der Waals surface area contributed by atoms with Crippen LogP contribution in [0.4, 0.5) is 9.80 Å². The summed E-state index contributed by atoms with van der Waals surface area (Å²) in [5, 5.41) is 5.65. The molecule has 148 valence electrons. The van der Waals surface area contributed by atoms with Crippen LogP contribution in [0.3, 0.4) is 0 Å². The van der Waals surface area contributed by atoms with E-state index < -0.39 is 12.0 Å². The molecule has 0 radical (unpaired) electrons. The molecule has 1 aromatic heterocycles. The lowest BCUT2D eigenvalue weighted by Crippen LogP contribution is -2.32. The summed E-state index contributed by atoms with van der Waals surface area (Å²) in [5.41, 5.74) is 3.73. The molecule has 28 heavy (non-hydrogen) atoms. The van der Waals surface area contributed by atoms with Gasteiger partial charge in [0, 0.05) is 10.4 Å². The number of carbonyl (C=O) groups is 3. The standard InChI is InChI=1S/C21H24N2O4S/c1-4-27-21(26)23-19(25)17-14-7-5-6-8-16(14)28-20(17)22-18(24)15-11-12(2)9-10-13(15)3/h9-11H,4-8H2,1-3H3,(H,22,24)(H,23,25,26). The highest BCUT2D eigenvalue weighted by atomic mass is 32.1. The van der Waals surface area contributed by atoms with Crippen LogP contribution in [0.25, 0.3) is 0 Å². The molecule has 0 saturated carbocycles. The van der Waals surface area contributed by atoms with Gasteiger partial charge in [-0.15, -0.1) is 11.3 Å². The van der Waals surface area contributed by atoms with Crippen molar-refractivity contribution in [2.45, 2.75) is 46.5 Å². The molecule has 1 heterocycles. The smallest absolute Gasteiger partial charge is 0.414 e. The van der Waals surface area contributed by atoms with Gasteiger partial charge < -0.3 is 10.1 Å². The van der Waals surface area contributed by atoms with E-state index in [-0.39, 0.29) is 12.5 Å². The SMILES string of the molecule is CCOC(=O)NC(=O)c1c(NC(=O)c2cc(C)ccc2C)sc2c1CCCC2. The molecule has 0 saturated heterocycles. The van der Waals surface area contributed by atoms with Gasteiger partial charge in [-0.05, 0) is 63.6 Å². The number of amides is 3. The van der Waals surface area contributed by atoms with Gasteiger partial charge in [0.15, 0.2) is 0 Å². The summed E-state index contributed by atoms with van der Waals surface area (Å²) < 4.78 is 4.82. The minimum Gasteiger partial charge on any atom is -0.450 e. The molecule has 2 N–H and O–H groups in total. The third-order valence-electron chi connectivity index (χ3n) is 4.75. The topological polar surface area (TPSA) is 84.5 Å². The van der Waals surface area contributed by atoms with E-state index in [0.29, 0.717) is 16.1 Å². The fourth-order valence-corrected chi connectivity index (χ4v) is 4.65. The zero-order valence-corrected chi connectivity index (χ0v) is 17.1. The minimum absolute atomic E-state index is 0.178. The normalized spacial score (nSPS) is 12.8. The Morgan fingerprint density at radius 1 is 1.11 bits per heavy atom. The number of aryl methyl sites for hydroxylation is 3. The molecule has 0 spiro atoms. The van der Waals surface area contributed by atoms with Gasteiger partial charge in [-0.2, -0.15) is 0 Å². The molecular weight excluding hydrogens is 376 g/mol. The van der Waals surface area contributed by atoms with Crippen molar-refractivity contribution in [2.24, 2.45) is 0 Å². The first-order chi connectivity index (χ1) is 13.4.